The van der Waals surface area contributed by atoms with Crippen LogP contribution in [-0.2, 0) is 4.79 Å². The molecule has 0 fully saturated rings. The van der Waals surface area contributed by atoms with E-state index in [-0.39, 0.29) is 12.0 Å². The summed E-state index contributed by atoms with van der Waals surface area (Å²) in [5.74, 6) is -4.16. The van der Waals surface area contributed by atoms with Gasteiger partial charge in [0.05, 0.1) is 0 Å². The van der Waals surface area contributed by atoms with E-state index in [0.29, 0.717) is 0 Å². The fourth-order valence-corrected chi connectivity index (χ4v) is 1.78. The number of rotatable bonds is 4. The van der Waals surface area contributed by atoms with Gasteiger partial charge in [-0.2, -0.15) is 0 Å². The molecular formula is C13H15F2NO3. The second kappa shape index (κ2) is 5.77. The first-order valence-corrected chi connectivity index (χ1v) is 5.75. The number of aryl methyl sites for hydroxylation is 1. The van der Waals surface area contributed by atoms with E-state index in [2.05, 4.69) is 0 Å². The Hall–Kier alpha value is -1.98. The average molecular weight is 271 g/mol. The molecule has 0 heterocycles. The Morgan fingerprint density at radius 1 is 1.37 bits per heavy atom. The van der Waals surface area contributed by atoms with Crippen molar-refractivity contribution in [1.29, 1.82) is 0 Å². The van der Waals surface area contributed by atoms with Gasteiger partial charge in [-0.3, -0.25) is 4.79 Å². The minimum absolute atomic E-state index is 0.126. The lowest BCUT2D eigenvalue weighted by atomic mass is 10.1. The number of hydrogen-bond donors (Lipinski definition) is 1. The fraction of sp³-hybridized carbons (Fsp3) is 0.385. The number of carbonyl (C=O) groups is 2. The zero-order chi connectivity index (χ0) is 14.7. The zero-order valence-corrected chi connectivity index (χ0v) is 10.9. The van der Waals surface area contributed by atoms with Crippen molar-refractivity contribution in [2.75, 3.05) is 7.05 Å². The summed E-state index contributed by atoms with van der Waals surface area (Å²) >= 11 is 0. The van der Waals surface area contributed by atoms with Crippen molar-refractivity contribution in [2.24, 2.45) is 0 Å². The summed E-state index contributed by atoms with van der Waals surface area (Å²) in [6, 6.07) is 1.09. The first-order valence-electron chi connectivity index (χ1n) is 5.75. The molecule has 0 aliphatic rings. The summed E-state index contributed by atoms with van der Waals surface area (Å²) in [6.07, 6.45) is 0.145. The van der Waals surface area contributed by atoms with Crippen LogP contribution in [0.15, 0.2) is 12.1 Å². The van der Waals surface area contributed by atoms with Gasteiger partial charge in [-0.25, -0.2) is 13.6 Å². The Labute approximate surface area is 109 Å². The van der Waals surface area contributed by atoms with Crippen molar-refractivity contribution in [3.8, 4) is 0 Å². The van der Waals surface area contributed by atoms with Crippen molar-refractivity contribution in [3.05, 3.63) is 34.9 Å². The predicted octanol–water partition coefficient (Wildman–Crippen LogP) is 2.21. The first-order chi connectivity index (χ1) is 8.81. The van der Waals surface area contributed by atoms with Crippen LogP contribution < -0.4 is 0 Å². The smallest absolute Gasteiger partial charge is 0.326 e. The molecule has 6 heteroatoms. The largest absolute Gasteiger partial charge is 0.480 e. The summed E-state index contributed by atoms with van der Waals surface area (Å²) in [6.45, 7) is 2.98. The number of benzene rings is 1. The van der Waals surface area contributed by atoms with Gasteiger partial charge in [-0.1, -0.05) is 13.0 Å². The van der Waals surface area contributed by atoms with Gasteiger partial charge >= 0.3 is 5.97 Å². The maximum Gasteiger partial charge on any atom is 0.326 e. The topological polar surface area (TPSA) is 57.6 Å². The Balaban J connectivity index is 3.20. The highest BCUT2D eigenvalue weighted by atomic mass is 19.1. The summed E-state index contributed by atoms with van der Waals surface area (Å²) in [7, 11) is 1.21. The third kappa shape index (κ3) is 2.89. The normalized spacial score (nSPS) is 12.1. The van der Waals surface area contributed by atoms with Crippen LogP contribution in [0, 0.1) is 18.6 Å². The number of likely N-dealkylation sites (N-methyl/N-ethyl adjacent to an activating group) is 1. The highest BCUT2D eigenvalue weighted by molar-refractivity contribution is 5.97. The van der Waals surface area contributed by atoms with Gasteiger partial charge in [0.25, 0.3) is 5.91 Å². The number of hydrogen-bond acceptors (Lipinski definition) is 2. The van der Waals surface area contributed by atoms with Crippen LogP contribution in [0.5, 0.6) is 0 Å². The maximum absolute atomic E-state index is 13.8. The lowest BCUT2D eigenvalue weighted by Crippen LogP contribution is -2.42. The standard InChI is InChI=1S/C13H15F2NO3/c1-4-9(13(18)19)16(3)12(17)10-8(14)6-5-7(2)11(10)15/h5-6,9H,4H2,1-3H3,(H,18,19). The van der Waals surface area contributed by atoms with Gasteiger partial charge in [-0.15, -0.1) is 0 Å². The fourth-order valence-electron chi connectivity index (χ4n) is 1.78. The molecule has 1 N–H and O–H groups in total. The summed E-state index contributed by atoms with van der Waals surface area (Å²) < 4.78 is 27.4. The molecule has 0 aromatic heterocycles. The van der Waals surface area contributed by atoms with Crippen molar-refractivity contribution in [1.82, 2.24) is 4.90 Å². The lowest BCUT2D eigenvalue weighted by molar-refractivity contribution is -0.142. The van der Waals surface area contributed by atoms with Crippen LogP contribution in [0.1, 0.15) is 29.3 Å². The van der Waals surface area contributed by atoms with E-state index in [1.54, 1.807) is 6.92 Å². The second-order valence-electron chi connectivity index (χ2n) is 4.23. The SMILES string of the molecule is CCC(C(=O)O)N(C)C(=O)c1c(F)ccc(C)c1F. The Morgan fingerprint density at radius 2 is 1.95 bits per heavy atom. The minimum atomic E-state index is -1.22. The van der Waals surface area contributed by atoms with Crippen molar-refractivity contribution < 1.29 is 23.5 Å². The molecule has 1 amide bonds. The van der Waals surface area contributed by atoms with Crippen molar-refractivity contribution >= 4 is 11.9 Å². The van der Waals surface area contributed by atoms with Gasteiger partial charge in [0.15, 0.2) is 0 Å². The predicted molar refractivity (Wildman–Crippen MR) is 64.9 cm³/mol. The molecule has 0 spiro atoms. The first kappa shape index (κ1) is 15.1. The second-order valence-corrected chi connectivity index (χ2v) is 4.23. The van der Waals surface area contributed by atoms with Gasteiger partial charge in [0.1, 0.15) is 23.2 Å². The van der Waals surface area contributed by atoms with Crippen LogP contribution in [0.25, 0.3) is 0 Å². The number of nitrogens with zero attached hydrogens (tertiary/aromatic N) is 1. The molecule has 0 saturated heterocycles. The number of carboxylic acids is 1. The molecule has 4 nitrogen and oxygen atoms in total. The summed E-state index contributed by atoms with van der Waals surface area (Å²) in [5.41, 5.74) is -0.594. The molecule has 0 aliphatic carbocycles. The third-order valence-electron chi connectivity index (χ3n) is 2.96. The van der Waals surface area contributed by atoms with E-state index >= 15 is 0 Å². The minimum Gasteiger partial charge on any atom is -0.480 e. The molecule has 1 rings (SSSR count). The Bertz CT molecular complexity index is 517. The van der Waals surface area contributed by atoms with E-state index in [1.807, 2.05) is 0 Å². The Kier molecular flexibility index (Phi) is 4.58. The number of aliphatic carboxylic acids is 1. The van der Waals surface area contributed by atoms with E-state index in [0.717, 1.165) is 11.0 Å². The number of carbonyl (C=O) groups excluding carboxylic acids is 1. The van der Waals surface area contributed by atoms with Crippen molar-refractivity contribution in [2.45, 2.75) is 26.3 Å². The monoisotopic (exact) mass is 271 g/mol. The maximum atomic E-state index is 13.8. The Morgan fingerprint density at radius 3 is 2.42 bits per heavy atom. The van der Waals surface area contributed by atoms with Gasteiger partial charge in [0.2, 0.25) is 0 Å². The van der Waals surface area contributed by atoms with Crippen LogP contribution in [-0.4, -0.2) is 35.0 Å². The van der Waals surface area contributed by atoms with Crippen LogP contribution in [0.2, 0.25) is 0 Å². The number of amides is 1. The lowest BCUT2D eigenvalue weighted by Gasteiger charge is -2.24. The van der Waals surface area contributed by atoms with Gasteiger partial charge < -0.3 is 10.0 Å². The molecule has 1 aromatic rings. The molecule has 1 unspecified atom stereocenters. The molecule has 0 radical (unpaired) electrons. The highest BCUT2D eigenvalue weighted by Crippen LogP contribution is 2.19. The van der Waals surface area contributed by atoms with Gasteiger partial charge in [-0.05, 0) is 25.0 Å². The summed E-state index contributed by atoms with van der Waals surface area (Å²) in [4.78, 5) is 23.8. The van der Waals surface area contributed by atoms with E-state index in [1.165, 1.54) is 20.0 Å². The molecule has 0 saturated carbocycles. The highest BCUT2D eigenvalue weighted by Gasteiger charge is 2.29. The van der Waals surface area contributed by atoms with E-state index in [9.17, 15) is 18.4 Å². The van der Waals surface area contributed by atoms with Crippen LogP contribution >= 0.6 is 0 Å². The molecule has 19 heavy (non-hydrogen) atoms. The quantitative estimate of drug-likeness (QED) is 0.913. The molecule has 0 bridgehead atoms. The number of halogens is 2. The summed E-state index contributed by atoms with van der Waals surface area (Å²) in [5, 5.41) is 8.95. The van der Waals surface area contributed by atoms with Crippen molar-refractivity contribution in [3.63, 3.8) is 0 Å². The van der Waals surface area contributed by atoms with Crippen LogP contribution in [0.4, 0.5) is 8.78 Å². The third-order valence-corrected chi connectivity index (χ3v) is 2.96. The van der Waals surface area contributed by atoms with Crippen LogP contribution in [0.3, 0.4) is 0 Å². The number of carboxylic acid groups (broad SMARTS) is 1. The van der Waals surface area contributed by atoms with E-state index in [4.69, 9.17) is 5.11 Å². The van der Waals surface area contributed by atoms with Gasteiger partial charge in [0, 0.05) is 7.05 Å². The molecule has 104 valence electrons. The molecule has 1 atom stereocenters. The molecule has 0 aliphatic heterocycles. The molecule has 1 aromatic carbocycles. The average Bonchev–Trinajstić information content (AvgIpc) is 2.34. The zero-order valence-electron chi connectivity index (χ0n) is 10.9. The molecular weight excluding hydrogens is 256 g/mol. The van der Waals surface area contributed by atoms with E-state index < -0.39 is 35.1 Å².